The van der Waals surface area contributed by atoms with E-state index in [0.29, 0.717) is 35.6 Å². The Morgan fingerprint density at radius 1 is 0.903 bits per heavy atom. The SMILES string of the molecule is CC(=O)Nc1ccc(C2=C(N3CCN(C)CC3)C(=O)N(Cc3ccccc3)C2=O)cc1. The summed E-state index contributed by atoms with van der Waals surface area (Å²) in [6.07, 6.45) is 0. The van der Waals surface area contributed by atoms with Crippen molar-refractivity contribution in [1.82, 2.24) is 14.7 Å². The predicted molar refractivity (Wildman–Crippen MR) is 119 cm³/mol. The lowest BCUT2D eigenvalue weighted by atomic mass is 10.0. The number of carbonyl (C=O) groups excluding carboxylic acids is 3. The second-order valence-corrected chi connectivity index (χ2v) is 7.95. The highest BCUT2D eigenvalue weighted by molar-refractivity contribution is 6.35. The van der Waals surface area contributed by atoms with E-state index in [1.165, 1.54) is 11.8 Å². The van der Waals surface area contributed by atoms with E-state index >= 15 is 0 Å². The standard InChI is InChI=1S/C24H26N4O3/c1-17(29)25-20-10-8-19(9-11-20)21-22(27-14-12-26(2)13-15-27)24(31)28(23(21)30)16-18-6-4-3-5-7-18/h3-11H,12-16H2,1-2H3,(H,25,29). The summed E-state index contributed by atoms with van der Waals surface area (Å²) < 4.78 is 0. The van der Waals surface area contributed by atoms with Gasteiger partial charge in [0.25, 0.3) is 11.8 Å². The number of anilines is 1. The van der Waals surface area contributed by atoms with Crippen LogP contribution < -0.4 is 5.32 Å². The van der Waals surface area contributed by atoms with E-state index in [1.807, 2.05) is 35.2 Å². The lowest BCUT2D eigenvalue weighted by Crippen LogP contribution is -2.46. The maximum atomic E-state index is 13.4. The summed E-state index contributed by atoms with van der Waals surface area (Å²) in [5.74, 6) is -0.694. The van der Waals surface area contributed by atoms with Crippen LogP contribution in [0.5, 0.6) is 0 Å². The van der Waals surface area contributed by atoms with Crippen molar-refractivity contribution >= 4 is 29.0 Å². The van der Waals surface area contributed by atoms with Gasteiger partial charge >= 0.3 is 0 Å². The number of nitrogens with zero attached hydrogens (tertiary/aromatic N) is 3. The lowest BCUT2D eigenvalue weighted by Gasteiger charge is -2.34. The van der Waals surface area contributed by atoms with Crippen molar-refractivity contribution in [1.29, 1.82) is 0 Å². The van der Waals surface area contributed by atoms with Crippen molar-refractivity contribution in [2.24, 2.45) is 0 Å². The molecule has 2 heterocycles. The Balaban J connectivity index is 1.70. The van der Waals surface area contributed by atoms with E-state index in [4.69, 9.17) is 0 Å². The third-order valence-electron chi connectivity index (χ3n) is 5.64. The highest BCUT2D eigenvalue weighted by atomic mass is 16.2. The third-order valence-corrected chi connectivity index (χ3v) is 5.64. The van der Waals surface area contributed by atoms with E-state index in [2.05, 4.69) is 17.3 Å². The monoisotopic (exact) mass is 418 g/mol. The number of hydrogen-bond acceptors (Lipinski definition) is 5. The van der Waals surface area contributed by atoms with Crippen LogP contribution in [0.25, 0.3) is 5.57 Å². The number of amides is 3. The molecule has 2 aromatic rings. The van der Waals surface area contributed by atoms with Gasteiger partial charge < -0.3 is 15.1 Å². The molecule has 1 saturated heterocycles. The van der Waals surface area contributed by atoms with E-state index < -0.39 is 0 Å². The quantitative estimate of drug-likeness (QED) is 0.754. The molecular formula is C24H26N4O3. The minimum Gasteiger partial charge on any atom is -0.364 e. The number of benzene rings is 2. The van der Waals surface area contributed by atoms with Crippen LogP contribution in [0.3, 0.4) is 0 Å². The molecule has 0 spiro atoms. The Kier molecular flexibility index (Phi) is 5.86. The maximum absolute atomic E-state index is 13.4. The predicted octanol–water partition coefficient (Wildman–Crippen LogP) is 2.17. The van der Waals surface area contributed by atoms with Crippen LogP contribution in [0.4, 0.5) is 5.69 Å². The first-order chi connectivity index (χ1) is 14.9. The van der Waals surface area contributed by atoms with Crippen molar-refractivity contribution in [3.05, 3.63) is 71.4 Å². The normalized spacial score (nSPS) is 17.5. The van der Waals surface area contributed by atoms with Crippen LogP contribution >= 0.6 is 0 Å². The molecule has 0 saturated carbocycles. The summed E-state index contributed by atoms with van der Waals surface area (Å²) in [5, 5.41) is 2.73. The smallest absolute Gasteiger partial charge is 0.278 e. The topological polar surface area (TPSA) is 73.0 Å². The fourth-order valence-corrected chi connectivity index (χ4v) is 3.98. The molecule has 3 amide bonds. The Hall–Kier alpha value is -3.45. The van der Waals surface area contributed by atoms with E-state index in [1.54, 1.807) is 24.3 Å². The fraction of sp³-hybridized carbons (Fsp3) is 0.292. The zero-order chi connectivity index (χ0) is 22.0. The van der Waals surface area contributed by atoms with Crippen molar-refractivity contribution < 1.29 is 14.4 Å². The van der Waals surface area contributed by atoms with Gasteiger partial charge in [0.2, 0.25) is 5.91 Å². The zero-order valence-electron chi connectivity index (χ0n) is 17.8. The molecule has 0 bridgehead atoms. The van der Waals surface area contributed by atoms with Gasteiger partial charge in [0.1, 0.15) is 5.70 Å². The van der Waals surface area contributed by atoms with Gasteiger partial charge in [-0.05, 0) is 30.3 Å². The average Bonchev–Trinajstić information content (AvgIpc) is 3.00. The summed E-state index contributed by atoms with van der Waals surface area (Å²) in [5.41, 5.74) is 3.14. The molecule has 1 fully saturated rings. The molecule has 2 aliphatic heterocycles. The second kappa shape index (κ2) is 8.73. The van der Waals surface area contributed by atoms with Gasteiger partial charge in [-0.15, -0.1) is 0 Å². The molecule has 0 unspecified atom stereocenters. The van der Waals surface area contributed by atoms with Gasteiger partial charge in [0.15, 0.2) is 0 Å². The molecule has 7 heteroatoms. The second-order valence-electron chi connectivity index (χ2n) is 7.95. The van der Waals surface area contributed by atoms with Crippen LogP contribution in [0.15, 0.2) is 60.3 Å². The Morgan fingerprint density at radius 2 is 1.55 bits per heavy atom. The number of carbonyl (C=O) groups is 3. The summed E-state index contributed by atoms with van der Waals surface area (Å²) in [6, 6.07) is 16.6. The first-order valence-corrected chi connectivity index (χ1v) is 10.4. The van der Waals surface area contributed by atoms with Gasteiger partial charge in [0, 0.05) is 38.8 Å². The molecular weight excluding hydrogens is 392 g/mol. The number of nitrogens with one attached hydrogen (secondary N) is 1. The van der Waals surface area contributed by atoms with E-state index in [0.717, 1.165) is 18.7 Å². The number of piperazine rings is 1. The molecule has 0 radical (unpaired) electrons. The summed E-state index contributed by atoms with van der Waals surface area (Å²) in [6.45, 7) is 4.73. The van der Waals surface area contributed by atoms with E-state index in [-0.39, 0.29) is 24.3 Å². The van der Waals surface area contributed by atoms with Crippen molar-refractivity contribution in [3.63, 3.8) is 0 Å². The fourth-order valence-electron chi connectivity index (χ4n) is 3.98. The van der Waals surface area contributed by atoms with Gasteiger partial charge in [-0.25, -0.2) is 0 Å². The van der Waals surface area contributed by atoms with Crippen LogP contribution in [0.1, 0.15) is 18.1 Å². The molecule has 2 aliphatic rings. The van der Waals surface area contributed by atoms with Crippen LogP contribution in [-0.2, 0) is 20.9 Å². The molecule has 0 aromatic heterocycles. The number of hydrogen-bond donors (Lipinski definition) is 1. The molecule has 0 atom stereocenters. The molecule has 31 heavy (non-hydrogen) atoms. The van der Waals surface area contributed by atoms with E-state index in [9.17, 15) is 14.4 Å². The minimum atomic E-state index is -0.282. The molecule has 0 aliphatic carbocycles. The number of rotatable bonds is 5. The molecule has 4 rings (SSSR count). The first kappa shape index (κ1) is 20.8. The Bertz CT molecular complexity index is 1020. The molecule has 7 nitrogen and oxygen atoms in total. The average molecular weight is 418 g/mol. The number of likely N-dealkylation sites (N-methyl/N-ethyl adjacent to an activating group) is 1. The van der Waals surface area contributed by atoms with Crippen molar-refractivity contribution in [2.75, 3.05) is 38.5 Å². The van der Waals surface area contributed by atoms with Crippen molar-refractivity contribution in [2.45, 2.75) is 13.5 Å². The van der Waals surface area contributed by atoms with Gasteiger partial charge in [-0.1, -0.05) is 42.5 Å². The van der Waals surface area contributed by atoms with Crippen LogP contribution in [0.2, 0.25) is 0 Å². The van der Waals surface area contributed by atoms with Crippen LogP contribution in [0, 0.1) is 0 Å². The summed E-state index contributed by atoms with van der Waals surface area (Å²) >= 11 is 0. The Labute approximate surface area is 181 Å². The maximum Gasteiger partial charge on any atom is 0.278 e. The third kappa shape index (κ3) is 4.36. The molecule has 2 aromatic carbocycles. The zero-order valence-corrected chi connectivity index (χ0v) is 17.8. The van der Waals surface area contributed by atoms with Gasteiger partial charge in [0.05, 0.1) is 12.1 Å². The largest absolute Gasteiger partial charge is 0.364 e. The van der Waals surface area contributed by atoms with Gasteiger partial charge in [-0.2, -0.15) is 0 Å². The first-order valence-electron chi connectivity index (χ1n) is 10.4. The lowest BCUT2D eigenvalue weighted by molar-refractivity contribution is -0.138. The molecule has 160 valence electrons. The molecule has 1 N–H and O–H groups in total. The number of imide groups is 1. The van der Waals surface area contributed by atoms with Gasteiger partial charge in [-0.3, -0.25) is 19.3 Å². The minimum absolute atomic E-state index is 0.161. The Morgan fingerprint density at radius 3 is 2.16 bits per heavy atom. The van der Waals surface area contributed by atoms with Crippen molar-refractivity contribution in [3.8, 4) is 0 Å². The highest BCUT2D eigenvalue weighted by Gasteiger charge is 2.41. The summed E-state index contributed by atoms with van der Waals surface area (Å²) in [7, 11) is 2.05. The van der Waals surface area contributed by atoms with Crippen LogP contribution in [-0.4, -0.2) is 65.6 Å². The highest BCUT2D eigenvalue weighted by Crippen LogP contribution is 2.33. The summed E-state index contributed by atoms with van der Waals surface area (Å²) in [4.78, 5) is 43.8.